The minimum absolute atomic E-state index is 0.786. The zero-order valence-electron chi connectivity index (χ0n) is 21.0. The maximum absolute atomic E-state index is 3.53. The Kier molecular flexibility index (Phi) is 9.21. The Morgan fingerprint density at radius 2 is 1.56 bits per heavy atom. The molecule has 1 N–H and O–H groups in total. The number of hydrogen-bond donors (Lipinski definition) is 1. The van der Waals surface area contributed by atoms with Crippen molar-refractivity contribution in [2.75, 3.05) is 6.54 Å². The summed E-state index contributed by atoms with van der Waals surface area (Å²) in [6.07, 6.45) is 15.4. The molecule has 0 bridgehead atoms. The van der Waals surface area contributed by atoms with Gasteiger partial charge in [-0.3, -0.25) is 0 Å². The maximum atomic E-state index is 3.53. The van der Waals surface area contributed by atoms with Crippen LogP contribution in [0.2, 0.25) is 0 Å². The largest absolute Gasteiger partial charge is 0.381 e. The van der Waals surface area contributed by atoms with E-state index < -0.39 is 0 Å². The fraction of sp³-hybridized carbons (Fsp3) is 0.484. The highest BCUT2D eigenvalue weighted by Crippen LogP contribution is 2.30. The zero-order valence-corrected chi connectivity index (χ0v) is 21.0. The number of allylic oxidation sites excluding steroid dienone is 2. The second kappa shape index (κ2) is 12.1. The van der Waals surface area contributed by atoms with Crippen LogP contribution in [0.15, 0.2) is 54.6 Å². The smallest absolute Gasteiger partial charge is 0.0419 e. The van der Waals surface area contributed by atoms with Gasteiger partial charge in [-0.2, -0.15) is 0 Å². The quantitative estimate of drug-likeness (QED) is 0.377. The minimum Gasteiger partial charge on any atom is -0.381 e. The molecule has 32 heavy (non-hydrogen) atoms. The van der Waals surface area contributed by atoms with Crippen LogP contribution in [0.25, 0.3) is 16.8 Å². The highest BCUT2D eigenvalue weighted by Gasteiger charge is 2.12. The van der Waals surface area contributed by atoms with Crippen LogP contribution in [0, 0.1) is 18.8 Å². The molecule has 1 nitrogen and oxygen atoms in total. The molecule has 0 radical (unpaired) electrons. The van der Waals surface area contributed by atoms with Crippen molar-refractivity contribution >= 4 is 5.70 Å². The van der Waals surface area contributed by atoms with E-state index in [4.69, 9.17) is 0 Å². The van der Waals surface area contributed by atoms with E-state index in [9.17, 15) is 0 Å². The van der Waals surface area contributed by atoms with Crippen LogP contribution in [-0.4, -0.2) is 6.54 Å². The summed E-state index contributed by atoms with van der Waals surface area (Å²) >= 11 is 0. The third-order valence-electron chi connectivity index (χ3n) is 7.17. The minimum atomic E-state index is 0.786. The van der Waals surface area contributed by atoms with E-state index in [0.717, 1.165) is 18.4 Å². The lowest BCUT2D eigenvalue weighted by Gasteiger charge is -2.18. The van der Waals surface area contributed by atoms with Crippen LogP contribution in [0.5, 0.6) is 0 Å². The van der Waals surface area contributed by atoms with E-state index in [1.165, 1.54) is 72.9 Å². The van der Waals surface area contributed by atoms with Crippen molar-refractivity contribution in [1.29, 1.82) is 0 Å². The molecule has 2 unspecified atom stereocenters. The molecule has 0 aliphatic carbocycles. The van der Waals surface area contributed by atoms with Crippen LogP contribution in [0.4, 0.5) is 0 Å². The van der Waals surface area contributed by atoms with Gasteiger partial charge in [-0.25, -0.2) is 0 Å². The number of nitrogens with one attached hydrogen (secondary N) is 1. The molecule has 1 aliphatic heterocycles. The predicted octanol–water partition coefficient (Wildman–Crippen LogP) is 8.51. The van der Waals surface area contributed by atoms with Gasteiger partial charge in [0.15, 0.2) is 0 Å². The zero-order chi connectivity index (χ0) is 22.9. The Morgan fingerprint density at radius 1 is 0.844 bits per heavy atom. The molecule has 3 rings (SSSR count). The molecule has 0 fully saturated rings. The number of hydrogen-bond acceptors (Lipinski definition) is 1. The van der Waals surface area contributed by atoms with Crippen LogP contribution in [-0.2, 0) is 12.8 Å². The van der Waals surface area contributed by atoms with E-state index in [2.05, 4.69) is 94.6 Å². The van der Waals surface area contributed by atoms with Crippen LogP contribution < -0.4 is 5.32 Å². The Hall–Kier alpha value is -2.28. The van der Waals surface area contributed by atoms with Gasteiger partial charge in [-0.1, -0.05) is 89.4 Å². The molecule has 2 aromatic carbocycles. The molecule has 1 aliphatic rings. The predicted molar refractivity (Wildman–Crippen MR) is 142 cm³/mol. The van der Waals surface area contributed by atoms with E-state index in [-0.39, 0.29) is 0 Å². The van der Waals surface area contributed by atoms with Crippen LogP contribution in [0.1, 0.15) is 82.1 Å². The summed E-state index contributed by atoms with van der Waals surface area (Å²) in [4.78, 5) is 0. The molecule has 1 heterocycles. The van der Waals surface area contributed by atoms with Gasteiger partial charge in [0.2, 0.25) is 0 Å². The average molecular weight is 430 g/mol. The molecule has 2 aromatic rings. The van der Waals surface area contributed by atoms with E-state index in [1.54, 1.807) is 11.1 Å². The summed E-state index contributed by atoms with van der Waals surface area (Å²) in [5, 5.41) is 3.53. The van der Waals surface area contributed by atoms with Gasteiger partial charge in [-0.05, 0) is 84.4 Å². The standard InChI is InChI=1S/C31H43N/c1-6-10-24(4)13-15-26-18-19-28(21-27(26)16-12-23(3)7-2)29-17-14-25(5)30(22-29)31-11-8-9-20-32-31/h8-9,11,14,17-19,21-24,32H,6-7,10,12-13,15-16,20H2,1-5H3. The molecule has 0 saturated heterocycles. The fourth-order valence-electron chi connectivity index (χ4n) is 4.66. The first-order chi connectivity index (χ1) is 15.5. The van der Waals surface area contributed by atoms with Gasteiger partial charge in [0.1, 0.15) is 0 Å². The molecular formula is C31H43N. The summed E-state index contributed by atoms with van der Waals surface area (Å²) in [5.74, 6) is 1.60. The van der Waals surface area contributed by atoms with Gasteiger partial charge in [0.25, 0.3) is 0 Å². The second-order valence-corrected chi connectivity index (χ2v) is 9.89. The van der Waals surface area contributed by atoms with Crippen molar-refractivity contribution in [2.45, 2.75) is 79.6 Å². The Labute approximate surface area is 197 Å². The molecule has 1 heteroatoms. The molecule has 172 valence electrons. The highest BCUT2D eigenvalue weighted by molar-refractivity contribution is 5.75. The van der Waals surface area contributed by atoms with E-state index >= 15 is 0 Å². The first-order valence-corrected chi connectivity index (χ1v) is 12.9. The molecule has 0 amide bonds. The van der Waals surface area contributed by atoms with Gasteiger partial charge in [-0.15, -0.1) is 0 Å². The van der Waals surface area contributed by atoms with Gasteiger partial charge >= 0.3 is 0 Å². The van der Waals surface area contributed by atoms with Crippen molar-refractivity contribution in [3.63, 3.8) is 0 Å². The lowest BCUT2D eigenvalue weighted by molar-refractivity contribution is 0.483. The average Bonchev–Trinajstić information content (AvgIpc) is 2.82. The Morgan fingerprint density at radius 3 is 2.28 bits per heavy atom. The van der Waals surface area contributed by atoms with Crippen LogP contribution in [0.3, 0.4) is 0 Å². The van der Waals surface area contributed by atoms with Gasteiger partial charge in [0, 0.05) is 17.8 Å². The van der Waals surface area contributed by atoms with Crippen molar-refractivity contribution in [3.05, 3.63) is 76.9 Å². The Balaban J connectivity index is 1.89. The Bertz CT molecular complexity index is 933. The summed E-state index contributed by atoms with van der Waals surface area (Å²) in [6, 6.07) is 14.2. The van der Waals surface area contributed by atoms with E-state index in [1.807, 2.05) is 0 Å². The summed E-state index contributed by atoms with van der Waals surface area (Å²) in [6.45, 7) is 12.5. The molecule has 0 aromatic heterocycles. The number of rotatable bonds is 11. The monoisotopic (exact) mass is 429 g/mol. The number of benzene rings is 2. The molecular weight excluding hydrogens is 386 g/mol. The third kappa shape index (κ3) is 6.61. The van der Waals surface area contributed by atoms with Gasteiger partial charge in [0.05, 0.1) is 0 Å². The van der Waals surface area contributed by atoms with Crippen molar-refractivity contribution in [2.24, 2.45) is 11.8 Å². The van der Waals surface area contributed by atoms with Crippen molar-refractivity contribution in [1.82, 2.24) is 5.32 Å². The summed E-state index contributed by atoms with van der Waals surface area (Å²) in [5.41, 5.74) is 9.65. The highest BCUT2D eigenvalue weighted by atomic mass is 14.9. The first kappa shape index (κ1) is 24.4. The maximum Gasteiger partial charge on any atom is 0.0419 e. The SMILES string of the molecule is CCCC(C)CCc1ccc(-c2ccc(C)c(C3=CC=CCN3)c2)cc1CCC(C)CC. The number of aryl methyl sites for hydroxylation is 3. The van der Waals surface area contributed by atoms with Crippen molar-refractivity contribution < 1.29 is 0 Å². The number of dihydropyridines is 1. The summed E-state index contributed by atoms with van der Waals surface area (Å²) in [7, 11) is 0. The lowest BCUT2D eigenvalue weighted by atomic mass is 9.89. The van der Waals surface area contributed by atoms with Crippen molar-refractivity contribution in [3.8, 4) is 11.1 Å². The molecule has 2 atom stereocenters. The fourth-order valence-corrected chi connectivity index (χ4v) is 4.66. The normalized spacial score (nSPS) is 15.2. The topological polar surface area (TPSA) is 12.0 Å². The van der Waals surface area contributed by atoms with Crippen LogP contribution >= 0.6 is 0 Å². The first-order valence-electron chi connectivity index (χ1n) is 12.9. The third-order valence-corrected chi connectivity index (χ3v) is 7.17. The summed E-state index contributed by atoms with van der Waals surface area (Å²) < 4.78 is 0. The second-order valence-electron chi connectivity index (χ2n) is 9.89. The lowest BCUT2D eigenvalue weighted by Crippen LogP contribution is -2.15. The molecule has 0 saturated carbocycles. The van der Waals surface area contributed by atoms with Gasteiger partial charge < -0.3 is 5.32 Å². The molecule has 0 spiro atoms. The van der Waals surface area contributed by atoms with E-state index in [0.29, 0.717) is 0 Å².